The van der Waals surface area contributed by atoms with Crippen molar-refractivity contribution in [3.63, 3.8) is 0 Å². The van der Waals surface area contributed by atoms with E-state index >= 15 is 0 Å². The van der Waals surface area contributed by atoms with Gasteiger partial charge in [-0.15, -0.1) is 0 Å². The van der Waals surface area contributed by atoms with Crippen molar-refractivity contribution in [3.8, 4) is 11.5 Å². The van der Waals surface area contributed by atoms with E-state index in [0.717, 1.165) is 32.7 Å². The van der Waals surface area contributed by atoms with Gasteiger partial charge in [-0.3, -0.25) is 14.5 Å². The highest BCUT2D eigenvalue weighted by Gasteiger charge is 2.48. The summed E-state index contributed by atoms with van der Waals surface area (Å²) in [6, 6.07) is 15.8. The SMILES string of the molecule is CCOc1ccc([C@@H]2C(=C(O)c3ccc4c(c3)C[C@H](C)O4)C(=O)C(=O)N2c2nc3c(C)cc(C)cc3s2)cc1. The molecule has 0 unspecified atom stereocenters. The van der Waals surface area contributed by atoms with Gasteiger partial charge in [-0.05, 0) is 86.3 Å². The van der Waals surface area contributed by atoms with E-state index in [1.165, 1.54) is 16.2 Å². The number of aryl methyl sites for hydroxylation is 2. The molecule has 1 fully saturated rings. The number of ether oxygens (including phenoxy) is 2. The van der Waals surface area contributed by atoms with Crippen LogP contribution in [0.3, 0.4) is 0 Å². The molecule has 3 heterocycles. The number of hydrogen-bond donors (Lipinski definition) is 1. The van der Waals surface area contributed by atoms with Crippen molar-refractivity contribution in [2.45, 2.75) is 46.3 Å². The quantitative estimate of drug-likeness (QED) is 0.183. The summed E-state index contributed by atoms with van der Waals surface area (Å²) in [5.74, 6) is -0.240. The van der Waals surface area contributed by atoms with Crippen molar-refractivity contribution in [3.05, 3.63) is 88.0 Å². The van der Waals surface area contributed by atoms with Crippen molar-refractivity contribution in [1.29, 1.82) is 0 Å². The molecule has 1 saturated heterocycles. The number of aliphatic hydroxyl groups is 1. The fourth-order valence-corrected chi connectivity index (χ4v) is 6.61. The fourth-order valence-electron chi connectivity index (χ4n) is 5.45. The molecule has 2 atom stereocenters. The van der Waals surface area contributed by atoms with Gasteiger partial charge in [0.15, 0.2) is 5.13 Å². The number of benzene rings is 3. The minimum absolute atomic E-state index is 0.0308. The highest BCUT2D eigenvalue weighted by molar-refractivity contribution is 7.22. The summed E-state index contributed by atoms with van der Waals surface area (Å²) in [5, 5.41) is 12.0. The van der Waals surface area contributed by atoms with Crippen LogP contribution in [-0.2, 0) is 16.0 Å². The van der Waals surface area contributed by atoms with Crippen LogP contribution in [0.25, 0.3) is 16.0 Å². The number of carbonyl (C=O) groups is 2. The number of fused-ring (bicyclic) bond motifs is 2. The molecular formula is C31H28N2O5S. The van der Waals surface area contributed by atoms with Crippen LogP contribution in [0.15, 0.2) is 60.2 Å². The van der Waals surface area contributed by atoms with Gasteiger partial charge < -0.3 is 14.6 Å². The van der Waals surface area contributed by atoms with E-state index in [0.29, 0.717) is 35.0 Å². The van der Waals surface area contributed by atoms with Crippen molar-refractivity contribution in [2.24, 2.45) is 0 Å². The molecule has 8 heteroatoms. The maximum atomic E-state index is 13.6. The second kappa shape index (κ2) is 9.54. The van der Waals surface area contributed by atoms with Gasteiger partial charge in [0, 0.05) is 12.0 Å². The lowest BCUT2D eigenvalue weighted by Crippen LogP contribution is -2.29. The predicted octanol–water partition coefficient (Wildman–Crippen LogP) is 6.26. The molecule has 0 radical (unpaired) electrons. The number of aliphatic hydroxyl groups excluding tert-OH is 1. The minimum Gasteiger partial charge on any atom is -0.507 e. The van der Waals surface area contributed by atoms with Gasteiger partial charge in [-0.25, -0.2) is 4.98 Å². The molecule has 198 valence electrons. The maximum absolute atomic E-state index is 13.6. The smallest absolute Gasteiger partial charge is 0.301 e. The molecule has 0 aliphatic carbocycles. The number of rotatable bonds is 5. The van der Waals surface area contributed by atoms with Gasteiger partial charge >= 0.3 is 5.91 Å². The van der Waals surface area contributed by atoms with Crippen LogP contribution < -0.4 is 14.4 Å². The second-order valence-electron chi connectivity index (χ2n) is 10.1. The second-order valence-corrected chi connectivity index (χ2v) is 11.1. The Morgan fingerprint density at radius 3 is 2.64 bits per heavy atom. The summed E-state index contributed by atoms with van der Waals surface area (Å²) in [6.07, 6.45) is 0.746. The van der Waals surface area contributed by atoms with E-state index in [4.69, 9.17) is 14.5 Å². The lowest BCUT2D eigenvalue weighted by molar-refractivity contribution is -0.132. The van der Waals surface area contributed by atoms with Crippen molar-refractivity contribution < 1.29 is 24.2 Å². The molecule has 4 aromatic rings. The first-order valence-electron chi connectivity index (χ1n) is 13.0. The summed E-state index contributed by atoms with van der Waals surface area (Å²) in [6.45, 7) is 8.40. The number of anilines is 1. The summed E-state index contributed by atoms with van der Waals surface area (Å²) < 4.78 is 12.3. The standard InChI is InChI=1S/C31H28N2O5S/c1-5-37-22-9-6-19(7-10-22)27-25(28(34)20-8-11-23-21(15-20)14-18(4)38-23)29(35)30(36)33(27)31-32-26-17(3)12-16(2)13-24(26)39-31/h6-13,15,18,27,34H,5,14H2,1-4H3/t18-,27+/m0/s1. The third-order valence-corrected chi connectivity index (χ3v) is 8.15. The molecule has 2 aliphatic rings. The highest BCUT2D eigenvalue weighted by Crippen LogP contribution is 2.45. The van der Waals surface area contributed by atoms with Crippen molar-refractivity contribution >= 4 is 44.1 Å². The summed E-state index contributed by atoms with van der Waals surface area (Å²) in [4.78, 5) is 33.4. The van der Waals surface area contributed by atoms with E-state index in [1.54, 1.807) is 24.3 Å². The number of ketones is 1. The summed E-state index contributed by atoms with van der Waals surface area (Å²) in [5.41, 5.74) is 5.01. The van der Waals surface area contributed by atoms with Crippen LogP contribution in [0.5, 0.6) is 11.5 Å². The Morgan fingerprint density at radius 2 is 1.90 bits per heavy atom. The Bertz CT molecular complexity index is 1670. The highest BCUT2D eigenvalue weighted by atomic mass is 32.1. The molecule has 1 N–H and O–H groups in total. The molecule has 2 aliphatic heterocycles. The number of Topliss-reactive ketones (excluding diaryl/α,β-unsaturated/α-hetero) is 1. The van der Waals surface area contributed by atoms with Gasteiger partial charge in [-0.1, -0.05) is 29.5 Å². The van der Waals surface area contributed by atoms with Crippen molar-refractivity contribution in [1.82, 2.24) is 4.98 Å². The summed E-state index contributed by atoms with van der Waals surface area (Å²) in [7, 11) is 0. The van der Waals surface area contributed by atoms with Crippen LogP contribution in [0.4, 0.5) is 5.13 Å². The first-order valence-corrected chi connectivity index (χ1v) is 13.8. The normalized spacial score (nSPS) is 19.9. The average Bonchev–Trinajstić information content (AvgIpc) is 3.57. The zero-order valence-corrected chi connectivity index (χ0v) is 23.0. The Hall–Kier alpha value is -4.17. The van der Waals surface area contributed by atoms with Crippen LogP contribution in [0, 0.1) is 13.8 Å². The van der Waals surface area contributed by atoms with Gasteiger partial charge in [0.1, 0.15) is 23.4 Å². The number of hydrogen-bond acceptors (Lipinski definition) is 7. The Kier molecular flexibility index (Phi) is 6.14. The van der Waals surface area contributed by atoms with Crippen LogP contribution in [-0.4, -0.2) is 34.5 Å². The van der Waals surface area contributed by atoms with Gasteiger partial charge in [0.2, 0.25) is 0 Å². The number of aromatic nitrogens is 1. The van der Waals surface area contributed by atoms with Gasteiger partial charge in [0.25, 0.3) is 5.78 Å². The number of carbonyl (C=O) groups excluding carboxylic acids is 2. The molecule has 0 spiro atoms. The molecular weight excluding hydrogens is 512 g/mol. The number of amides is 1. The number of nitrogens with zero attached hydrogens (tertiary/aromatic N) is 2. The lowest BCUT2D eigenvalue weighted by Gasteiger charge is -2.23. The van der Waals surface area contributed by atoms with Gasteiger partial charge in [0.05, 0.1) is 28.4 Å². The third-order valence-electron chi connectivity index (χ3n) is 7.15. The van der Waals surface area contributed by atoms with Crippen LogP contribution in [0.2, 0.25) is 0 Å². The molecule has 6 rings (SSSR count). The first kappa shape index (κ1) is 25.1. The summed E-state index contributed by atoms with van der Waals surface area (Å²) >= 11 is 1.36. The maximum Gasteiger partial charge on any atom is 0.301 e. The Morgan fingerprint density at radius 1 is 1.13 bits per heavy atom. The Balaban J connectivity index is 1.53. The van der Waals surface area contributed by atoms with E-state index in [-0.39, 0.29) is 17.4 Å². The predicted molar refractivity (Wildman–Crippen MR) is 152 cm³/mol. The van der Waals surface area contributed by atoms with E-state index in [9.17, 15) is 14.7 Å². The largest absolute Gasteiger partial charge is 0.507 e. The fraction of sp³-hybridized carbons (Fsp3) is 0.258. The van der Waals surface area contributed by atoms with Crippen LogP contribution >= 0.6 is 11.3 Å². The zero-order chi connectivity index (χ0) is 27.4. The minimum atomic E-state index is -0.855. The van der Waals surface area contributed by atoms with E-state index in [1.807, 2.05) is 58.0 Å². The van der Waals surface area contributed by atoms with Gasteiger partial charge in [-0.2, -0.15) is 0 Å². The average molecular weight is 541 g/mol. The zero-order valence-electron chi connectivity index (χ0n) is 22.1. The Labute approximate surface area is 230 Å². The third kappa shape index (κ3) is 4.25. The van der Waals surface area contributed by atoms with E-state index in [2.05, 4.69) is 0 Å². The molecule has 7 nitrogen and oxygen atoms in total. The topological polar surface area (TPSA) is 89.0 Å². The van der Waals surface area contributed by atoms with E-state index < -0.39 is 17.7 Å². The number of thiazole rings is 1. The van der Waals surface area contributed by atoms with Crippen LogP contribution in [0.1, 0.15) is 47.7 Å². The monoisotopic (exact) mass is 540 g/mol. The first-order chi connectivity index (χ1) is 18.7. The van der Waals surface area contributed by atoms with Crippen molar-refractivity contribution in [2.75, 3.05) is 11.5 Å². The molecule has 0 bridgehead atoms. The lowest BCUT2D eigenvalue weighted by atomic mass is 9.94. The molecule has 3 aromatic carbocycles. The molecule has 1 aromatic heterocycles. The molecule has 39 heavy (non-hydrogen) atoms. The molecule has 1 amide bonds. The molecule has 0 saturated carbocycles.